The number of hydrogen-bond acceptors (Lipinski definition) is 4. The van der Waals surface area contributed by atoms with Gasteiger partial charge in [-0.2, -0.15) is 0 Å². The summed E-state index contributed by atoms with van der Waals surface area (Å²) in [5.41, 5.74) is 2.26. The van der Waals surface area contributed by atoms with Gasteiger partial charge in [-0.15, -0.1) is 6.42 Å². The zero-order chi connectivity index (χ0) is 22.6. The Hall–Kier alpha value is -3.14. The highest BCUT2D eigenvalue weighted by atomic mass is 16.5. The van der Waals surface area contributed by atoms with Crippen LogP contribution in [0.4, 0.5) is 0 Å². The molecule has 0 aliphatic carbocycles. The fraction of sp³-hybridized carbons (Fsp3) is 0.360. The smallest absolute Gasteiger partial charge is 0.303 e. The molecule has 2 rings (SSSR count). The lowest BCUT2D eigenvalue weighted by Gasteiger charge is -2.04. The van der Waals surface area contributed by atoms with Crippen LogP contribution >= 0.6 is 0 Å². The van der Waals surface area contributed by atoms with Gasteiger partial charge in [0.25, 0.3) is 0 Å². The summed E-state index contributed by atoms with van der Waals surface area (Å²) in [6, 6.07) is 19.8. The Labute approximate surface area is 184 Å². The SMILES string of the molecule is C#CCNC(=O)CCCOCc1ccccc1.O=C(O)CCCOCc1ccccc1. The Kier molecular flexibility index (Phi) is 14.8. The molecule has 0 fully saturated rings. The summed E-state index contributed by atoms with van der Waals surface area (Å²) in [6.45, 7) is 2.52. The maximum absolute atomic E-state index is 11.2. The molecule has 0 aliphatic rings. The van der Waals surface area contributed by atoms with Gasteiger partial charge in [0.1, 0.15) is 0 Å². The summed E-state index contributed by atoms with van der Waals surface area (Å²) in [7, 11) is 0. The molecule has 0 bridgehead atoms. The third-order valence-corrected chi connectivity index (χ3v) is 3.98. The van der Waals surface area contributed by atoms with Crippen molar-refractivity contribution < 1.29 is 24.2 Å². The van der Waals surface area contributed by atoms with E-state index in [1.54, 1.807) is 0 Å². The molecule has 0 aliphatic heterocycles. The molecule has 0 spiro atoms. The van der Waals surface area contributed by atoms with Crippen molar-refractivity contribution >= 4 is 11.9 Å². The molecular formula is C25H31NO5. The van der Waals surface area contributed by atoms with E-state index in [1.165, 1.54) is 0 Å². The lowest BCUT2D eigenvalue weighted by Crippen LogP contribution is -2.23. The van der Waals surface area contributed by atoms with Crippen LogP contribution in [0.1, 0.15) is 36.8 Å². The topological polar surface area (TPSA) is 84.9 Å². The van der Waals surface area contributed by atoms with Crippen molar-refractivity contribution in [2.75, 3.05) is 19.8 Å². The van der Waals surface area contributed by atoms with Gasteiger partial charge in [-0.25, -0.2) is 0 Å². The number of carbonyl (C=O) groups excluding carboxylic acids is 1. The monoisotopic (exact) mass is 425 g/mol. The van der Waals surface area contributed by atoms with Crippen molar-refractivity contribution in [2.45, 2.75) is 38.9 Å². The fourth-order valence-electron chi connectivity index (χ4n) is 2.43. The maximum atomic E-state index is 11.2. The Morgan fingerprint density at radius 1 is 0.839 bits per heavy atom. The van der Waals surface area contributed by atoms with Gasteiger partial charge in [0.2, 0.25) is 5.91 Å². The zero-order valence-corrected chi connectivity index (χ0v) is 17.8. The second kappa shape index (κ2) is 17.7. The standard InChI is InChI=1S/C14H17NO2.C11H14O3/c1-2-10-15-14(16)9-6-11-17-12-13-7-4-3-5-8-13;12-11(13)7-4-8-14-9-10-5-2-1-3-6-10/h1,3-5,7-8H,6,9-12H2,(H,15,16);1-3,5-6H,4,7-9H2,(H,12,13). The van der Waals surface area contributed by atoms with Gasteiger partial charge >= 0.3 is 5.97 Å². The molecule has 2 aromatic rings. The number of terminal acetylenes is 1. The minimum atomic E-state index is -0.770. The van der Waals surface area contributed by atoms with Crippen LogP contribution in [-0.2, 0) is 32.3 Å². The molecule has 2 N–H and O–H groups in total. The number of carboxylic acid groups (broad SMARTS) is 1. The van der Waals surface area contributed by atoms with Gasteiger partial charge in [-0.1, -0.05) is 66.6 Å². The third-order valence-electron chi connectivity index (χ3n) is 3.98. The highest BCUT2D eigenvalue weighted by Gasteiger charge is 1.99. The maximum Gasteiger partial charge on any atom is 0.303 e. The third kappa shape index (κ3) is 15.4. The van der Waals surface area contributed by atoms with Gasteiger partial charge in [-0.05, 0) is 24.0 Å². The first-order valence-corrected chi connectivity index (χ1v) is 10.3. The average molecular weight is 426 g/mol. The molecule has 0 unspecified atom stereocenters. The Bertz CT molecular complexity index is 772. The molecule has 31 heavy (non-hydrogen) atoms. The van der Waals surface area contributed by atoms with Crippen LogP contribution in [0.3, 0.4) is 0 Å². The van der Waals surface area contributed by atoms with Crippen molar-refractivity contribution in [3.8, 4) is 12.3 Å². The molecular weight excluding hydrogens is 394 g/mol. The fourth-order valence-corrected chi connectivity index (χ4v) is 2.43. The Morgan fingerprint density at radius 2 is 1.32 bits per heavy atom. The van der Waals surface area contributed by atoms with Gasteiger partial charge in [-0.3, -0.25) is 9.59 Å². The molecule has 1 amide bonds. The van der Waals surface area contributed by atoms with Gasteiger partial charge in [0.15, 0.2) is 0 Å². The second-order valence-electron chi connectivity index (χ2n) is 6.66. The van der Waals surface area contributed by atoms with Gasteiger partial charge < -0.3 is 19.9 Å². The minimum absolute atomic E-state index is 0.0220. The second-order valence-corrected chi connectivity index (χ2v) is 6.66. The van der Waals surface area contributed by atoms with E-state index in [-0.39, 0.29) is 12.3 Å². The normalized spacial score (nSPS) is 9.77. The predicted molar refractivity (Wildman–Crippen MR) is 120 cm³/mol. The van der Waals surface area contributed by atoms with Gasteiger partial charge in [0, 0.05) is 26.1 Å². The molecule has 0 saturated heterocycles. The number of nitrogens with one attached hydrogen (secondary N) is 1. The Balaban J connectivity index is 0.000000316. The molecule has 2 aromatic carbocycles. The molecule has 0 aromatic heterocycles. The minimum Gasteiger partial charge on any atom is -0.481 e. The summed E-state index contributed by atoms with van der Waals surface area (Å²) >= 11 is 0. The molecule has 6 heteroatoms. The van der Waals surface area contributed by atoms with E-state index in [4.69, 9.17) is 21.0 Å². The van der Waals surface area contributed by atoms with E-state index in [2.05, 4.69) is 11.2 Å². The number of benzene rings is 2. The van der Waals surface area contributed by atoms with E-state index in [9.17, 15) is 9.59 Å². The van der Waals surface area contributed by atoms with Crippen LogP contribution in [0.2, 0.25) is 0 Å². The number of carbonyl (C=O) groups is 2. The summed E-state index contributed by atoms with van der Waals surface area (Å²) in [6.07, 6.45) is 6.94. The van der Waals surface area contributed by atoms with E-state index in [0.717, 1.165) is 11.1 Å². The number of aliphatic carboxylic acids is 1. The molecule has 0 atom stereocenters. The van der Waals surface area contributed by atoms with Crippen LogP contribution in [0.5, 0.6) is 0 Å². The summed E-state index contributed by atoms with van der Waals surface area (Å²) in [5.74, 6) is 1.57. The van der Waals surface area contributed by atoms with Crippen molar-refractivity contribution in [1.82, 2.24) is 5.32 Å². The van der Waals surface area contributed by atoms with Crippen LogP contribution in [-0.4, -0.2) is 36.7 Å². The predicted octanol–water partition coefficient (Wildman–Crippen LogP) is 3.80. The van der Waals surface area contributed by atoms with E-state index in [1.807, 2.05) is 60.7 Å². The summed E-state index contributed by atoms with van der Waals surface area (Å²) in [5, 5.41) is 11.0. The van der Waals surface area contributed by atoms with Crippen molar-refractivity contribution in [3.05, 3.63) is 71.8 Å². The van der Waals surface area contributed by atoms with Crippen LogP contribution in [0.15, 0.2) is 60.7 Å². The quantitative estimate of drug-likeness (QED) is 0.377. The van der Waals surface area contributed by atoms with Crippen LogP contribution in [0.25, 0.3) is 0 Å². The van der Waals surface area contributed by atoms with E-state index < -0.39 is 5.97 Å². The molecule has 0 radical (unpaired) electrons. The number of hydrogen-bond donors (Lipinski definition) is 2. The number of rotatable bonds is 13. The Morgan fingerprint density at radius 3 is 1.77 bits per heavy atom. The number of carboxylic acids is 1. The van der Waals surface area contributed by atoms with E-state index >= 15 is 0 Å². The van der Waals surface area contributed by atoms with Gasteiger partial charge in [0.05, 0.1) is 19.8 Å². The first-order valence-electron chi connectivity index (χ1n) is 10.3. The van der Waals surface area contributed by atoms with Crippen molar-refractivity contribution in [2.24, 2.45) is 0 Å². The highest BCUT2D eigenvalue weighted by molar-refractivity contribution is 5.76. The van der Waals surface area contributed by atoms with E-state index in [0.29, 0.717) is 52.2 Å². The molecule has 0 heterocycles. The molecule has 0 saturated carbocycles. The zero-order valence-electron chi connectivity index (χ0n) is 17.8. The number of ether oxygens (including phenoxy) is 2. The number of amides is 1. The first-order chi connectivity index (χ1) is 15.1. The molecule has 166 valence electrons. The molecule has 6 nitrogen and oxygen atoms in total. The lowest BCUT2D eigenvalue weighted by atomic mass is 10.2. The highest BCUT2D eigenvalue weighted by Crippen LogP contribution is 2.02. The summed E-state index contributed by atoms with van der Waals surface area (Å²) < 4.78 is 10.8. The first kappa shape index (κ1) is 25.9. The van der Waals surface area contributed by atoms with Crippen molar-refractivity contribution in [1.29, 1.82) is 0 Å². The largest absolute Gasteiger partial charge is 0.481 e. The summed E-state index contributed by atoms with van der Waals surface area (Å²) in [4.78, 5) is 21.3. The average Bonchev–Trinajstić information content (AvgIpc) is 2.79. The van der Waals surface area contributed by atoms with Crippen molar-refractivity contribution in [3.63, 3.8) is 0 Å². The lowest BCUT2D eigenvalue weighted by molar-refractivity contribution is -0.137. The van der Waals surface area contributed by atoms with Crippen LogP contribution < -0.4 is 5.32 Å². The van der Waals surface area contributed by atoms with Crippen LogP contribution in [0, 0.1) is 12.3 Å².